The normalized spacial score (nSPS) is 21.5. The second-order valence-electron chi connectivity index (χ2n) is 6.24. The van der Waals surface area contributed by atoms with Crippen LogP contribution in [0, 0.1) is 17.0 Å². The quantitative estimate of drug-likeness (QED) is 0.807. The summed E-state index contributed by atoms with van der Waals surface area (Å²) in [5.41, 5.74) is -0.0400. The number of nitrogens with one attached hydrogen (secondary N) is 1. The zero-order valence-electron chi connectivity index (χ0n) is 13.0. The standard InChI is InChI=1S/C17H23F2NO2/c1-3-17(4-2,16(21)22)10-20-15-7-12(8-15)11-5-13(18)9-14(19)6-11/h5-6,9,12,15,20H,3-4,7-8,10H2,1-2H3,(H,21,22). The molecule has 0 unspecified atom stereocenters. The molecule has 1 aliphatic rings. The fraction of sp³-hybridized carbons (Fsp3) is 0.588. The van der Waals surface area contributed by atoms with Crippen molar-refractivity contribution < 1.29 is 18.7 Å². The van der Waals surface area contributed by atoms with Gasteiger partial charge in [-0.05, 0) is 49.3 Å². The van der Waals surface area contributed by atoms with Crippen molar-refractivity contribution in [2.24, 2.45) is 5.41 Å². The second-order valence-corrected chi connectivity index (χ2v) is 6.24. The Bertz CT molecular complexity index is 517. The maximum absolute atomic E-state index is 13.2. The molecule has 1 saturated carbocycles. The highest BCUT2D eigenvalue weighted by atomic mass is 19.1. The van der Waals surface area contributed by atoms with Crippen molar-refractivity contribution in [1.82, 2.24) is 5.32 Å². The average molecular weight is 311 g/mol. The molecular weight excluding hydrogens is 288 g/mol. The molecule has 1 aromatic carbocycles. The molecule has 0 saturated heterocycles. The van der Waals surface area contributed by atoms with Gasteiger partial charge in [0.15, 0.2) is 0 Å². The molecule has 0 aromatic heterocycles. The van der Waals surface area contributed by atoms with Crippen LogP contribution in [-0.2, 0) is 4.79 Å². The lowest BCUT2D eigenvalue weighted by Gasteiger charge is -2.39. The highest BCUT2D eigenvalue weighted by Crippen LogP contribution is 2.38. The lowest BCUT2D eigenvalue weighted by atomic mass is 9.74. The molecule has 2 rings (SSSR count). The maximum Gasteiger partial charge on any atom is 0.310 e. The predicted octanol–water partition coefficient (Wildman–Crippen LogP) is 3.69. The number of carbonyl (C=O) groups is 1. The van der Waals surface area contributed by atoms with Crippen molar-refractivity contribution in [3.05, 3.63) is 35.4 Å². The van der Waals surface area contributed by atoms with E-state index in [2.05, 4.69) is 5.32 Å². The molecule has 0 spiro atoms. The highest BCUT2D eigenvalue weighted by Gasteiger charge is 2.37. The van der Waals surface area contributed by atoms with Crippen molar-refractivity contribution in [3.63, 3.8) is 0 Å². The van der Waals surface area contributed by atoms with E-state index >= 15 is 0 Å². The summed E-state index contributed by atoms with van der Waals surface area (Å²) < 4.78 is 26.4. The number of carboxylic acid groups (broad SMARTS) is 1. The average Bonchev–Trinajstić information content (AvgIpc) is 2.40. The Hall–Kier alpha value is -1.49. The summed E-state index contributed by atoms with van der Waals surface area (Å²) in [7, 11) is 0. The van der Waals surface area contributed by atoms with E-state index in [9.17, 15) is 18.7 Å². The minimum absolute atomic E-state index is 0.144. The fourth-order valence-corrected chi connectivity index (χ4v) is 3.09. The summed E-state index contributed by atoms with van der Waals surface area (Å²) in [5.74, 6) is -1.72. The van der Waals surface area contributed by atoms with E-state index in [1.54, 1.807) is 0 Å². The largest absolute Gasteiger partial charge is 0.481 e. The summed E-state index contributed by atoms with van der Waals surface area (Å²) in [6.45, 7) is 4.21. The van der Waals surface area contributed by atoms with Crippen LogP contribution in [-0.4, -0.2) is 23.7 Å². The molecule has 0 radical (unpaired) electrons. The van der Waals surface area contributed by atoms with Gasteiger partial charge in [-0.25, -0.2) is 8.78 Å². The smallest absolute Gasteiger partial charge is 0.310 e. The third-order valence-corrected chi connectivity index (χ3v) is 5.03. The topological polar surface area (TPSA) is 49.3 Å². The molecule has 5 heteroatoms. The number of benzene rings is 1. The van der Waals surface area contributed by atoms with Crippen molar-refractivity contribution >= 4 is 5.97 Å². The molecule has 1 aromatic rings. The number of halogens is 2. The van der Waals surface area contributed by atoms with E-state index in [0.717, 1.165) is 18.9 Å². The van der Waals surface area contributed by atoms with Crippen LogP contribution >= 0.6 is 0 Å². The number of carboxylic acids is 1. The Balaban J connectivity index is 1.88. The van der Waals surface area contributed by atoms with E-state index in [4.69, 9.17) is 0 Å². The van der Waals surface area contributed by atoms with Gasteiger partial charge >= 0.3 is 5.97 Å². The van der Waals surface area contributed by atoms with E-state index < -0.39 is 23.0 Å². The zero-order chi connectivity index (χ0) is 16.3. The van der Waals surface area contributed by atoms with E-state index in [-0.39, 0.29) is 12.0 Å². The van der Waals surface area contributed by atoms with Gasteiger partial charge in [0.1, 0.15) is 11.6 Å². The summed E-state index contributed by atoms with van der Waals surface area (Å²) in [4.78, 5) is 11.4. The van der Waals surface area contributed by atoms with Gasteiger partial charge in [0.2, 0.25) is 0 Å². The van der Waals surface area contributed by atoms with Crippen LogP contribution in [0.1, 0.15) is 51.0 Å². The predicted molar refractivity (Wildman–Crippen MR) is 80.8 cm³/mol. The van der Waals surface area contributed by atoms with Gasteiger partial charge < -0.3 is 10.4 Å². The summed E-state index contributed by atoms with van der Waals surface area (Å²) in [6.07, 6.45) is 2.73. The van der Waals surface area contributed by atoms with Gasteiger partial charge in [-0.2, -0.15) is 0 Å². The number of hydrogen-bond donors (Lipinski definition) is 2. The summed E-state index contributed by atoms with van der Waals surface area (Å²) in [5, 5.41) is 12.7. The first kappa shape index (κ1) is 16.9. The van der Waals surface area contributed by atoms with Crippen LogP contribution in [0.3, 0.4) is 0 Å². The monoisotopic (exact) mass is 311 g/mol. The first-order valence-electron chi connectivity index (χ1n) is 7.83. The second kappa shape index (κ2) is 6.73. The van der Waals surface area contributed by atoms with Crippen molar-refractivity contribution in [2.45, 2.75) is 51.5 Å². The third-order valence-electron chi connectivity index (χ3n) is 5.03. The molecule has 0 aliphatic heterocycles. The van der Waals surface area contributed by atoms with E-state index in [1.165, 1.54) is 12.1 Å². The Morgan fingerprint density at radius 3 is 2.23 bits per heavy atom. The molecule has 0 amide bonds. The third kappa shape index (κ3) is 3.46. The van der Waals surface area contributed by atoms with Crippen LogP contribution in [0.2, 0.25) is 0 Å². The van der Waals surface area contributed by atoms with E-state index in [0.29, 0.717) is 24.9 Å². The molecule has 1 fully saturated rings. The van der Waals surface area contributed by atoms with Gasteiger partial charge in [0.25, 0.3) is 0 Å². The Labute approximate surface area is 129 Å². The summed E-state index contributed by atoms with van der Waals surface area (Å²) in [6, 6.07) is 3.85. The summed E-state index contributed by atoms with van der Waals surface area (Å²) >= 11 is 0. The molecule has 22 heavy (non-hydrogen) atoms. The SMILES string of the molecule is CCC(CC)(CNC1CC(c2cc(F)cc(F)c2)C1)C(=O)O. The fourth-order valence-electron chi connectivity index (χ4n) is 3.09. The van der Waals surface area contributed by atoms with E-state index in [1.807, 2.05) is 13.8 Å². The van der Waals surface area contributed by atoms with Crippen LogP contribution in [0.15, 0.2) is 18.2 Å². The van der Waals surface area contributed by atoms with Crippen molar-refractivity contribution in [3.8, 4) is 0 Å². The zero-order valence-corrected chi connectivity index (χ0v) is 13.0. The molecule has 2 N–H and O–H groups in total. The molecule has 3 nitrogen and oxygen atoms in total. The Morgan fingerprint density at radius 2 is 1.77 bits per heavy atom. The first-order chi connectivity index (χ1) is 10.4. The van der Waals surface area contributed by atoms with Crippen LogP contribution in [0.25, 0.3) is 0 Å². The van der Waals surface area contributed by atoms with Gasteiger partial charge in [0.05, 0.1) is 5.41 Å². The van der Waals surface area contributed by atoms with Gasteiger partial charge in [-0.1, -0.05) is 13.8 Å². The lowest BCUT2D eigenvalue weighted by molar-refractivity contribution is -0.149. The minimum Gasteiger partial charge on any atom is -0.481 e. The van der Waals surface area contributed by atoms with Gasteiger partial charge in [0, 0.05) is 18.7 Å². The molecule has 0 atom stereocenters. The van der Waals surface area contributed by atoms with Crippen molar-refractivity contribution in [1.29, 1.82) is 0 Å². The maximum atomic E-state index is 13.2. The molecule has 0 bridgehead atoms. The number of rotatable bonds is 7. The first-order valence-corrected chi connectivity index (χ1v) is 7.83. The number of aliphatic carboxylic acids is 1. The van der Waals surface area contributed by atoms with Gasteiger partial charge in [-0.3, -0.25) is 4.79 Å². The van der Waals surface area contributed by atoms with Crippen LogP contribution in [0.5, 0.6) is 0 Å². The molecule has 1 aliphatic carbocycles. The minimum atomic E-state index is -0.770. The van der Waals surface area contributed by atoms with Crippen molar-refractivity contribution in [2.75, 3.05) is 6.54 Å². The molecule has 122 valence electrons. The molecule has 0 heterocycles. The Morgan fingerprint density at radius 1 is 1.23 bits per heavy atom. The van der Waals surface area contributed by atoms with Crippen LogP contribution in [0.4, 0.5) is 8.78 Å². The number of hydrogen-bond acceptors (Lipinski definition) is 2. The lowest BCUT2D eigenvalue weighted by Crippen LogP contribution is -2.48. The highest BCUT2D eigenvalue weighted by molar-refractivity contribution is 5.74. The van der Waals surface area contributed by atoms with Crippen LogP contribution < -0.4 is 5.32 Å². The Kier molecular flexibility index (Phi) is 5.16. The van der Waals surface area contributed by atoms with Gasteiger partial charge in [-0.15, -0.1) is 0 Å². The molecular formula is C17H23F2NO2.